The molecule has 0 radical (unpaired) electrons. The lowest BCUT2D eigenvalue weighted by atomic mass is 9.93. The number of furan rings is 1. The zero-order valence-corrected chi connectivity index (χ0v) is 20.4. The molecular weight excluding hydrogens is 474 g/mol. The van der Waals surface area contributed by atoms with Crippen LogP contribution in [-0.2, 0) is 6.42 Å². The first-order chi connectivity index (χ1) is 17.5. The Balaban J connectivity index is 1.33. The molecular formula is C29H24ClN3O3. The summed E-state index contributed by atoms with van der Waals surface area (Å²) < 4.78 is 5.94. The van der Waals surface area contributed by atoms with Gasteiger partial charge in [-0.1, -0.05) is 66.2 Å². The van der Waals surface area contributed by atoms with Crippen molar-refractivity contribution in [2.75, 3.05) is 5.32 Å². The molecule has 1 aliphatic carbocycles. The van der Waals surface area contributed by atoms with E-state index in [9.17, 15) is 9.59 Å². The van der Waals surface area contributed by atoms with Crippen LogP contribution in [0.5, 0.6) is 0 Å². The smallest absolute Gasteiger partial charge is 0.291 e. The average Bonchev–Trinajstić information content (AvgIpc) is 3.26. The number of nitrogens with one attached hydrogen (secondary N) is 2. The minimum absolute atomic E-state index is 0.220. The predicted molar refractivity (Wildman–Crippen MR) is 142 cm³/mol. The van der Waals surface area contributed by atoms with Crippen LogP contribution in [-0.4, -0.2) is 17.5 Å². The molecule has 36 heavy (non-hydrogen) atoms. The SMILES string of the molecule is Cc1c(C(=O)Nc2ccccc2Cl)oc2c1/C(=N/NC(=O)c1ccc(-c3ccccc3)cc1)CCC2. The van der Waals surface area contributed by atoms with E-state index in [0.717, 1.165) is 23.1 Å². The van der Waals surface area contributed by atoms with E-state index in [1.807, 2.05) is 49.4 Å². The van der Waals surface area contributed by atoms with Gasteiger partial charge in [0.25, 0.3) is 11.8 Å². The van der Waals surface area contributed by atoms with E-state index < -0.39 is 0 Å². The Morgan fingerprint density at radius 3 is 2.31 bits per heavy atom. The lowest BCUT2D eigenvalue weighted by Gasteiger charge is -2.13. The van der Waals surface area contributed by atoms with Crippen LogP contribution in [0.25, 0.3) is 11.1 Å². The third-order valence-corrected chi connectivity index (χ3v) is 6.53. The molecule has 7 heteroatoms. The molecule has 1 aliphatic rings. The summed E-state index contributed by atoms with van der Waals surface area (Å²) >= 11 is 6.18. The van der Waals surface area contributed by atoms with Crippen molar-refractivity contribution in [3.8, 4) is 11.1 Å². The van der Waals surface area contributed by atoms with Gasteiger partial charge in [-0.15, -0.1) is 0 Å². The number of nitrogens with zero attached hydrogens (tertiary/aromatic N) is 1. The summed E-state index contributed by atoms with van der Waals surface area (Å²) in [4.78, 5) is 25.7. The van der Waals surface area contributed by atoms with Gasteiger partial charge in [0.1, 0.15) is 5.76 Å². The van der Waals surface area contributed by atoms with Crippen molar-refractivity contribution in [2.45, 2.75) is 26.2 Å². The minimum Gasteiger partial charge on any atom is -0.455 e. The normalized spacial score (nSPS) is 13.8. The predicted octanol–water partition coefficient (Wildman–Crippen LogP) is 6.63. The summed E-state index contributed by atoms with van der Waals surface area (Å²) in [7, 11) is 0. The van der Waals surface area contributed by atoms with E-state index in [4.69, 9.17) is 16.0 Å². The van der Waals surface area contributed by atoms with Crippen molar-refractivity contribution in [3.63, 3.8) is 0 Å². The highest BCUT2D eigenvalue weighted by molar-refractivity contribution is 6.33. The van der Waals surface area contributed by atoms with Crippen molar-refractivity contribution in [2.24, 2.45) is 5.10 Å². The van der Waals surface area contributed by atoms with E-state index in [2.05, 4.69) is 15.8 Å². The molecule has 0 atom stereocenters. The number of hydrazone groups is 1. The molecule has 4 aromatic rings. The second-order valence-electron chi connectivity index (χ2n) is 8.58. The second kappa shape index (κ2) is 10.2. The summed E-state index contributed by atoms with van der Waals surface area (Å²) in [6, 6.07) is 24.4. The van der Waals surface area contributed by atoms with E-state index in [-0.39, 0.29) is 17.6 Å². The molecule has 0 fully saturated rings. The van der Waals surface area contributed by atoms with Crippen LogP contribution in [0.2, 0.25) is 5.02 Å². The number of para-hydroxylation sites is 1. The molecule has 0 aliphatic heterocycles. The monoisotopic (exact) mass is 497 g/mol. The van der Waals surface area contributed by atoms with Crippen LogP contribution in [0, 0.1) is 6.92 Å². The van der Waals surface area contributed by atoms with Gasteiger partial charge >= 0.3 is 0 Å². The molecule has 5 rings (SSSR count). The summed E-state index contributed by atoms with van der Waals surface area (Å²) in [5.74, 6) is 0.240. The standard InChI is InChI=1S/C29H24ClN3O3/c1-18-26-24(32-33-28(34)21-16-14-20(15-17-21)19-8-3-2-4-9-19)12-7-13-25(26)36-27(18)29(35)31-23-11-6-5-10-22(23)30/h2-6,8-11,14-17H,7,12-13H2,1H3,(H,31,35)(H,33,34)/b32-24+. The Kier molecular flexibility index (Phi) is 6.69. The fraction of sp³-hybridized carbons (Fsp3) is 0.138. The number of amides is 2. The number of carbonyl (C=O) groups excluding carboxylic acids is 2. The molecule has 2 amide bonds. The van der Waals surface area contributed by atoms with Gasteiger partial charge in [-0.25, -0.2) is 5.43 Å². The van der Waals surface area contributed by atoms with Crippen LogP contribution in [0.1, 0.15) is 50.6 Å². The van der Waals surface area contributed by atoms with Crippen LogP contribution < -0.4 is 10.7 Å². The van der Waals surface area contributed by atoms with Crippen LogP contribution >= 0.6 is 11.6 Å². The number of fused-ring (bicyclic) bond motifs is 1. The average molecular weight is 498 g/mol. The maximum Gasteiger partial charge on any atom is 0.291 e. The number of carbonyl (C=O) groups is 2. The molecule has 3 aromatic carbocycles. The van der Waals surface area contributed by atoms with Gasteiger partial charge in [-0.05, 0) is 55.2 Å². The third kappa shape index (κ3) is 4.81. The first-order valence-corrected chi connectivity index (χ1v) is 12.1. The highest BCUT2D eigenvalue weighted by atomic mass is 35.5. The summed E-state index contributed by atoms with van der Waals surface area (Å²) in [6.07, 6.45) is 2.18. The largest absolute Gasteiger partial charge is 0.455 e. The number of hydrogen-bond donors (Lipinski definition) is 2. The summed E-state index contributed by atoms with van der Waals surface area (Å²) in [5, 5.41) is 7.67. The maximum absolute atomic E-state index is 12.9. The summed E-state index contributed by atoms with van der Waals surface area (Å²) in [5.41, 5.74) is 7.99. The lowest BCUT2D eigenvalue weighted by molar-refractivity contribution is 0.0953. The topological polar surface area (TPSA) is 83.7 Å². The molecule has 0 saturated carbocycles. The molecule has 0 bridgehead atoms. The van der Waals surface area contributed by atoms with Crippen molar-refractivity contribution >= 4 is 34.8 Å². The maximum atomic E-state index is 12.9. The molecule has 180 valence electrons. The Morgan fingerprint density at radius 2 is 1.56 bits per heavy atom. The van der Waals surface area contributed by atoms with Crippen LogP contribution in [0.3, 0.4) is 0 Å². The molecule has 6 nitrogen and oxygen atoms in total. The first-order valence-electron chi connectivity index (χ1n) is 11.7. The van der Waals surface area contributed by atoms with Crippen molar-refractivity contribution in [1.82, 2.24) is 5.43 Å². The quantitative estimate of drug-likeness (QED) is 0.303. The molecule has 0 spiro atoms. The van der Waals surface area contributed by atoms with Crippen molar-refractivity contribution in [1.29, 1.82) is 0 Å². The molecule has 1 heterocycles. The van der Waals surface area contributed by atoms with Gasteiger partial charge in [-0.2, -0.15) is 5.10 Å². The zero-order valence-electron chi connectivity index (χ0n) is 19.7. The van der Waals surface area contributed by atoms with Crippen molar-refractivity contribution in [3.05, 3.63) is 112 Å². The number of halogens is 1. The number of hydrogen-bond acceptors (Lipinski definition) is 4. The third-order valence-electron chi connectivity index (χ3n) is 6.20. The summed E-state index contributed by atoms with van der Waals surface area (Å²) in [6.45, 7) is 1.83. The Morgan fingerprint density at radius 1 is 0.861 bits per heavy atom. The Bertz CT molecular complexity index is 1460. The molecule has 1 aromatic heterocycles. The first kappa shape index (κ1) is 23.6. The van der Waals surface area contributed by atoms with Gasteiger partial charge in [0.15, 0.2) is 5.76 Å². The second-order valence-corrected chi connectivity index (χ2v) is 8.99. The fourth-order valence-corrected chi connectivity index (χ4v) is 4.55. The minimum atomic E-state index is -0.378. The number of aryl methyl sites for hydroxylation is 1. The number of benzene rings is 3. The number of anilines is 1. The van der Waals surface area contributed by atoms with Gasteiger partial charge in [0, 0.05) is 23.1 Å². The molecule has 2 N–H and O–H groups in total. The van der Waals surface area contributed by atoms with Crippen molar-refractivity contribution < 1.29 is 14.0 Å². The lowest BCUT2D eigenvalue weighted by Crippen LogP contribution is -2.22. The van der Waals surface area contributed by atoms with Gasteiger partial charge in [-0.3, -0.25) is 9.59 Å². The highest BCUT2D eigenvalue weighted by Gasteiger charge is 2.28. The Hall–Kier alpha value is -4.16. The van der Waals surface area contributed by atoms with E-state index >= 15 is 0 Å². The van der Waals surface area contributed by atoms with E-state index in [1.54, 1.807) is 36.4 Å². The van der Waals surface area contributed by atoms with Crippen LogP contribution in [0.15, 0.2) is 88.4 Å². The van der Waals surface area contributed by atoms with E-state index in [1.165, 1.54) is 0 Å². The molecule has 0 unspecified atom stereocenters. The van der Waals surface area contributed by atoms with Crippen LogP contribution in [0.4, 0.5) is 5.69 Å². The highest BCUT2D eigenvalue weighted by Crippen LogP contribution is 2.31. The number of rotatable bonds is 5. The molecule has 0 saturated heterocycles. The van der Waals surface area contributed by atoms with Gasteiger partial charge < -0.3 is 9.73 Å². The Labute approximate surface area is 214 Å². The van der Waals surface area contributed by atoms with Gasteiger partial charge in [0.2, 0.25) is 0 Å². The van der Waals surface area contributed by atoms with Gasteiger partial charge in [0.05, 0.1) is 16.4 Å². The van der Waals surface area contributed by atoms with E-state index in [0.29, 0.717) is 46.2 Å². The fourth-order valence-electron chi connectivity index (χ4n) is 4.37. The zero-order chi connectivity index (χ0) is 25.1.